The van der Waals surface area contributed by atoms with Gasteiger partial charge in [0.05, 0.1) is 5.60 Å². The molecule has 3 heterocycles. The van der Waals surface area contributed by atoms with Crippen LogP contribution in [0.4, 0.5) is 0 Å². The van der Waals surface area contributed by atoms with E-state index in [4.69, 9.17) is 4.74 Å². The van der Waals surface area contributed by atoms with E-state index in [-0.39, 0.29) is 5.60 Å². The lowest BCUT2D eigenvalue weighted by atomic mass is 9.85. The highest BCUT2D eigenvalue weighted by Gasteiger charge is 2.40. The van der Waals surface area contributed by atoms with Crippen molar-refractivity contribution in [3.63, 3.8) is 0 Å². The fourth-order valence-corrected chi connectivity index (χ4v) is 5.53. The van der Waals surface area contributed by atoms with Gasteiger partial charge in [0, 0.05) is 37.8 Å². The fourth-order valence-electron chi connectivity index (χ4n) is 4.29. The maximum absolute atomic E-state index is 6.21. The van der Waals surface area contributed by atoms with E-state index in [2.05, 4.69) is 22.0 Å². The molecule has 0 aromatic rings. The van der Waals surface area contributed by atoms with E-state index < -0.39 is 0 Å². The van der Waals surface area contributed by atoms with Gasteiger partial charge in [-0.05, 0) is 56.5 Å². The zero-order valence-corrected chi connectivity index (χ0v) is 13.3. The lowest BCUT2D eigenvalue weighted by Crippen LogP contribution is -2.51. The first-order chi connectivity index (χ1) is 9.83. The molecule has 4 fully saturated rings. The summed E-state index contributed by atoms with van der Waals surface area (Å²) in [6.07, 6.45) is 9.28. The Balaban J connectivity index is 1.30. The molecule has 4 heteroatoms. The van der Waals surface area contributed by atoms with E-state index >= 15 is 0 Å². The normalized spacial score (nSPS) is 38.4. The first-order valence-corrected chi connectivity index (χ1v) is 9.70. The maximum Gasteiger partial charge on any atom is 0.0713 e. The van der Waals surface area contributed by atoms with Crippen LogP contribution in [0.5, 0.6) is 0 Å². The predicted octanol–water partition coefficient (Wildman–Crippen LogP) is 2.26. The molecule has 4 rings (SSSR count). The smallest absolute Gasteiger partial charge is 0.0713 e. The molecule has 0 bridgehead atoms. The van der Waals surface area contributed by atoms with Crippen LogP contribution in [-0.4, -0.2) is 59.8 Å². The van der Waals surface area contributed by atoms with Gasteiger partial charge in [0.15, 0.2) is 0 Å². The molecular formula is C16H28N2OS. The lowest BCUT2D eigenvalue weighted by Gasteiger charge is -2.44. The van der Waals surface area contributed by atoms with E-state index in [0.717, 1.165) is 18.7 Å². The van der Waals surface area contributed by atoms with Crippen molar-refractivity contribution in [2.45, 2.75) is 68.7 Å². The predicted molar refractivity (Wildman–Crippen MR) is 84.4 cm³/mol. The Kier molecular flexibility index (Phi) is 4.01. The third kappa shape index (κ3) is 3.03. The number of thioether (sulfide) groups is 1. The summed E-state index contributed by atoms with van der Waals surface area (Å²) < 4.78 is 6.21. The van der Waals surface area contributed by atoms with Crippen molar-refractivity contribution in [3.8, 4) is 0 Å². The highest BCUT2D eigenvalue weighted by molar-refractivity contribution is 7.99. The van der Waals surface area contributed by atoms with Gasteiger partial charge in [-0.2, -0.15) is 11.8 Å². The summed E-state index contributed by atoms with van der Waals surface area (Å²) in [5, 5.41) is 3.97. The van der Waals surface area contributed by atoms with Crippen LogP contribution in [0.3, 0.4) is 0 Å². The van der Waals surface area contributed by atoms with Gasteiger partial charge in [0.1, 0.15) is 0 Å². The number of hydrogen-bond acceptors (Lipinski definition) is 4. The minimum atomic E-state index is 0.232. The number of rotatable bonds is 3. The van der Waals surface area contributed by atoms with Gasteiger partial charge in [0.2, 0.25) is 0 Å². The third-order valence-electron chi connectivity index (χ3n) is 5.65. The number of likely N-dealkylation sites (tertiary alicyclic amines) is 1. The fraction of sp³-hybridized carbons (Fsp3) is 1.00. The van der Waals surface area contributed by atoms with E-state index in [1.807, 2.05) is 0 Å². The van der Waals surface area contributed by atoms with Crippen LogP contribution in [0.1, 0.15) is 44.9 Å². The molecule has 2 atom stereocenters. The quantitative estimate of drug-likeness (QED) is 0.863. The van der Waals surface area contributed by atoms with Gasteiger partial charge in [-0.1, -0.05) is 0 Å². The first-order valence-electron chi connectivity index (χ1n) is 8.55. The molecular weight excluding hydrogens is 268 g/mol. The van der Waals surface area contributed by atoms with E-state index in [1.54, 1.807) is 0 Å². The van der Waals surface area contributed by atoms with Crippen molar-refractivity contribution in [2.24, 2.45) is 0 Å². The summed E-state index contributed by atoms with van der Waals surface area (Å²) >= 11 is 2.10. The van der Waals surface area contributed by atoms with Crippen molar-refractivity contribution in [1.29, 1.82) is 0 Å². The molecule has 3 aliphatic heterocycles. The highest BCUT2D eigenvalue weighted by atomic mass is 32.2. The van der Waals surface area contributed by atoms with E-state index in [1.165, 1.54) is 69.5 Å². The van der Waals surface area contributed by atoms with Gasteiger partial charge >= 0.3 is 0 Å². The van der Waals surface area contributed by atoms with Gasteiger partial charge in [-0.25, -0.2) is 0 Å². The summed E-state index contributed by atoms with van der Waals surface area (Å²) in [4.78, 5) is 2.71. The molecule has 20 heavy (non-hydrogen) atoms. The van der Waals surface area contributed by atoms with Gasteiger partial charge < -0.3 is 10.1 Å². The van der Waals surface area contributed by atoms with Crippen LogP contribution in [0.25, 0.3) is 0 Å². The van der Waals surface area contributed by atoms with Crippen molar-refractivity contribution < 1.29 is 4.74 Å². The maximum atomic E-state index is 6.21. The van der Waals surface area contributed by atoms with Crippen LogP contribution in [0.15, 0.2) is 0 Å². The number of ether oxygens (including phenoxy) is 1. The molecule has 0 aromatic carbocycles. The molecule has 2 unspecified atom stereocenters. The number of hydrogen-bond donors (Lipinski definition) is 1. The monoisotopic (exact) mass is 296 g/mol. The summed E-state index contributed by atoms with van der Waals surface area (Å²) in [6.45, 7) is 3.60. The average molecular weight is 296 g/mol. The topological polar surface area (TPSA) is 24.5 Å². The Bertz CT molecular complexity index is 336. The Morgan fingerprint density at radius 3 is 2.70 bits per heavy atom. The second-order valence-electron chi connectivity index (χ2n) is 7.21. The number of nitrogens with one attached hydrogen (secondary N) is 1. The SMILES string of the molecule is C1CC(NC2CCN(C3CC3)C2)CC2(CCSCC2)O1. The molecule has 3 saturated heterocycles. The molecule has 1 N–H and O–H groups in total. The zero-order valence-electron chi connectivity index (χ0n) is 12.5. The minimum absolute atomic E-state index is 0.232. The standard InChI is InChI=1S/C16H28N2OS/c1-2-15(1)18-7-3-14(12-18)17-13-4-8-19-16(11-13)5-9-20-10-6-16/h13-15,17H,1-12H2. The molecule has 0 aromatic heterocycles. The molecule has 1 aliphatic carbocycles. The van der Waals surface area contributed by atoms with Gasteiger partial charge in [-0.3, -0.25) is 4.90 Å². The van der Waals surface area contributed by atoms with Crippen LogP contribution >= 0.6 is 11.8 Å². The highest BCUT2D eigenvalue weighted by Crippen LogP contribution is 2.38. The summed E-state index contributed by atoms with van der Waals surface area (Å²) in [5.74, 6) is 2.59. The van der Waals surface area contributed by atoms with Crippen LogP contribution in [-0.2, 0) is 4.74 Å². The molecule has 4 aliphatic rings. The molecule has 1 spiro atoms. The van der Waals surface area contributed by atoms with Crippen LogP contribution in [0.2, 0.25) is 0 Å². The van der Waals surface area contributed by atoms with Crippen molar-refractivity contribution in [3.05, 3.63) is 0 Å². The van der Waals surface area contributed by atoms with Crippen molar-refractivity contribution in [1.82, 2.24) is 10.2 Å². The third-order valence-corrected chi connectivity index (χ3v) is 6.64. The first kappa shape index (κ1) is 13.9. The average Bonchev–Trinajstić information content (AvgIpc) is 3.21. The van der Waals surface area contributed by atoms with Gasteiger partial charge in [0.25, 0.3) is 0 Å². The molecule has 114 valence electrons. The molecule has 3 nitrogen and oxygen atoms in total. The summed E-state index contributed by atoms with van der Waals surface area (Å²) in [6, 6.07) is 2.39. The zero-order chi connectivity index (χ0) is 13.4. The molecule has 1 saturated carbocycles. The number of nitrogens with zero attached hydrogens (tertiary/aromatic N) is 1. The molecule has 0 radical (unpaired) electrons. The molecule has 0 amide bonds. The Labute approximate surface area is 127 Å². The van der Waals surface area contributed by atoms with Crippen LogP contribution < -0.4 is 5.32 Å². The second kappa shape index (κ2) is 5.79. The minimum Gasteiger partial charge on any atom is -0.375 e. The van der Waals surface area contributed by atoms with Crippen LogP contribution in [0, 0.1) is 0 Å². The Morgan fingerprint density at radius 1 is 1.05 bits per heavy atom. The second-order valence-corrected chi connectivity index (χ2v) is 8.44. The van der Waals surface area contributed by atoms with Gasteiger partial charge in [-0.15, -0.1) is 0 Å². The summed E-state index contributed by atoms with van der Waals surface area (Å²) in [5.41, 5.74) is 0.232. The van der Waals surface area contributed by atoms with Crippen molar-refractivity contribution in [2.75, 3.05) is 31.2 Å². The van der Waals surface area contributed by atoms with Crippen molar-refractivity contribution >= 4 is 11.8 Å². The summed E-state index contributed by atoms with van der Waals surface area (Å²) in [7, 11) is 0. The van der Waals surface area contributed by atoms with E-state index in [9.17, 15) is 0 Å². The van der Waals surface area contributed by atoms with E-state index in [0.29, 0.717) is 6.04 Å². The largest absolute Gasteiger partial charge is 0.375 e. The Morgan fingerprint density at radius 2 is 1.90 bits per heavy atom. The Hall–Kier alpha value is 0.230. The lowest BCUT2D eigenvalue weighted by molar-refractivity contribution is -0.0940.